The van der Waals surface area contributed by atoms with E-state index in [1.54, 1.807) is 17.4 Å². The molecule has 1 fully saturated rings. The minimum absolute atomic E-state index is 0.0199. The number of halogens is 3. The molecule has 2 aliphatic rings. The summed E-state index contributed by atoms with van der Waals surface area (Å²) in [5.74, 6) is 0.634. The molecular weight excluding hydrogens is 475 g/mol. The van der Waals surface area contributed by atoms with Gasteiger partial charge in [-0.05, 0) is 54.9 Å². The minimum Gasteiger partial charge on any atom is -0.494 e. The number of ether oxygens (including phenoxy) is 1. The number of hydrogen-bond donors (Lipinski definition) is 1. The number of amides is 1. The van der Waals surface area contributed by atoms with Gasteiger partial charge in [-0.15, -0.1) is 24.2 Å². The predicted octanol–water partition coefficient (Wildman–Crippen LogP) is 6.09. The average molecular weight is 502 g/mol. The van der Waals surface area contributed by atoms with E-state index in [0.29, 0.717) is 30.1 Å². The number of benzene rings is 1. The van der Waals surface area contributed by atoms with E-state index in [4.69, 9.17) is 4.74 Å². The summed E-state index contributed by atoms with van der Waals surface area (Å²) < 4.78 is 42.5. The molecule has 1 N–H and O–H groups in total. The maximum atomic E-state index is 12.7. The summed E-state index contributed by atoms with van der Waals surface area (Å²) >= 11 is 1.55. The summed E-state index contributed by atoms with van der Waals surface area (Å²) in [4.78, 5) is 18.4. The van der Waals surface area contributed by atoms with Crippen LogP contribution in [0.25, 0.3) is 5.57 Å². The third-order valence-corrected chi connectivity index (χ3v) is 7.08. The fourth-order valence-corrected chi connectivity index (χ4v) is 5.13. The zero-order valence-electron chi connectivity index (χ0n) is 19.3. The molecule has 1 amide bonds. The topological polar surface area (TPSA) is 75.0 Å². The van der Waals surface area contributed by atoms with Crippen LogP contribution in [0.2, 0.25) is 0 Å². The molecule has 1 saturated carbocycles. The first kappa shape index (κ1) is 26.3. The molecule has 1 aliphatic carbocycles. The molecule has 5 nitrogen and oxygen atoms in total. The zero-order valence-corrected chi connectivity index (χ0v) is 20.1. The van der Waals surface area contributed by atoms with Crippen LogP contribution >= 0.6 is 11.3 Å². The Morgan fingerprint density at radius 3 is 2.69 bits per heavy atom. The lowest BCUT2D eigenvalue weighted by Gasteiger charge is -2.27. The Hall–Kier alpha value is -3.30. The van der Waals surface area contributed by atoms with Crippen molar-refractivity contribution >= 4 is 22.8 Å². The number of nitrogens with zero attached hydrogens (tertiary/aromatic N) is 2. The highest BCUT2D eigenvalue weighted by Gasteiger charge is 2.33. The van der Waals surface area contributed by atoms with Crippen molar-refractivity contribution in [3.05, 3.63) is 51.0 Å². The van der Waals surface area contributed by atoms with E-state index in [9.17, 15) is 23.2 Å². The number of carbonyl (C=O) groups excluding carboxylic acids is 1. The Labute approximate surface area is 207 Å². The number of alkyl halides is 3. The second-order valence-corrected chi connectivity index (χ2v) is 9.38. The first-order chi connectivity index (χ1) is 16.8. The number of thiazole rings is 1. The number of hydrogen-bond acceptors (Lipinski definition) is 5. The van der Waals surface area contributed by atoms with E-state index in [1.165, 1.54) is 4.88 Å². The number of nitrogens with one attached hydrogen (secondary N) is 1. The Kier molecular flexibility index (Phi) is 8.58. The Balaban J connectivity index is 0.00000167. The molecule has 1 aromatic carbocycles. The standard InChI is InChI=1S/C24H24F3N3O2S.C2H2/c1-2-14-10-16(32-9-3-8-24(25,26)27)6-7-17(14)20-11-18(19(12-28)22(31)30-20)23-29-13-21(33-23)15-4-5-15;1-2/h6-7,10,13,15,20H,2-5,8-9,11H2,1H3,(H,30,31);1-2H/t20-;/m1./s1. The highest BCUT2D eigenvalue weighted by molar-refractivity contribution is 7.12. The summed E-state index contributed by atoms with van der Waals surface area (Å²) in [6, 6.07) is 7.08. The van der Waals surface area contributed by atoms with Gasteiger partial charge in [-0.1, -0.05) is 13.0 Å². The summed E-state index contributed by atoms with van der Waals surface area (Å²) in [6.07, 6.45) is 8.09. The van der Waals surface area contributed by atoms with Crippen LogP contribution in [0.1, 0.15) is 72.0 Å². The van der Waals surface area contributed by atoms with Gasteiger partial charge >= 0.3 is 6.18 Å². The highest BCUT2D eigenvalue weighted by Crippen LogP contribution is 2.45. The van der Waals surface area contributed by atoms with Crippen molar-refractivity contribution < 1.29 is 22.7 Å². The smallest absolute Gasteiger partial charge is 0.389 e. The van der Waals surface area contributed by atoms with E-state index in [0.717, 1.165) is 29.0 Å². The molecule has 0 radical (unpaired) electrons. The van der Waals surface area contributed by atoms with Gasteiger partial charge in [0.25, 0.3) is 5.91 Å². The first-order valence-corrected chi connectivity index (χ1v) is 12.2. The number of carbonyl (C=O) groups is 1. The molecule has 9 heteroatoms. The van der Waals surface area contributed by atoms with Crippen molar-refractivity contribution in [2.45, 2.75) is 63.6 Å². The van der Waals surface area contributed by atoms with Crippen LogP contribution in [0, 0.1) is 24.2 Å². The molecule has 0 bridgehead atoms. The third-order valence-electron chi connectivity index (χ3n) is 5.86. The van der Waals surface area contributed by atoms with Gasteiger partial charge in [-0.2, -0.15) is 18.4 Å². The van der Waals surface area contributed by atoms with Gasteiger partial charge in [0, 0.05) is 29.5 Å². The SMILES string of the molecule is C#C.CCc1cc(OCCCC(F)(F)F)ccc1[C@H]1CC(c2ncc(C3CC3)s2)=C(C#N)C(=O)N1. The number of terminal acetylenes is 1. The highest BCUT2D eigenvalue weighted by atomic mass is 32.1. The van der Waals surface area contributed by atoms with Crippen molar-refractivity contribution in [3.63, 3.8) is 0 Å². The van der Waals surface area contributed by atoms with Crippen LogP contribution in [-0.4, -0.2) is 23.7 Å². The number of aryl methyl sites for hydroxylation is 1. The number of nitriles is 1. The van der Waals surface area contributed by atoms with E-state index >= 15 is 0 Å². The lowest BCUT2D eigenvalue weighted by molar-refractivity contribution is -0.136. The zero-order chi connectivity index (χ0) is 25.6. The monoisotopic (exact) mass is 501 g/mol. The second kappa shape index (κ2) is 11.4. The van der Waals surface area contributed by atoms with Crippen molar-refractivity contribution in [3.8, 4) is 24.7 Å². The van der Waals surface area contributed by atoms with Gasteiger partial charge in [0.2, 0.25) is 0 Å². The lowest BCUT2D eigenvalue weighted by Crippen LogP contribution is -2.34. The van der Waals surface area contributed by atoms with Gasteiger partial charge in [0.05, 0.1) is 12.6 Å². The van der Waals surface area contributed by atoms with E-state index < -0.39 is 18.5 Å². The van der Waals surface area contributed by atoms with Gasteiger partial charge in [-0.3, -0.25) is 4.79 Å². The summed E-state index contributed by atoms with van der Waals surface area (Å²) in [7, 11) is 0. The van der Waals surface area contributed by atoms with Crippen LogP contribution in [0.5, 0.6) is 5.75 Å². The van der Waals surface area contributed by atoms with Gasteiger partial charge in [0.15, 0.2) is 0 Å². The third kappa shape index (κ3) is 6.64. The minimum atomic E-state index is -4.19. The molecule has 0 unspecified atom stereocenters. The quantitative estimate of drug-likeness (QED) is 0.351. The van der Waals surface area contributed by atoms with E-state index in [2.05, 4.69) is 23.1 Å². The molecule has 2 aromatic rings. The van der Waals surface area contributed by atoms with E-state index in [1.807, 2.05) is 31.3 Å². The Morgan fingerprint density at radius 2 is 2.06 bits per heavy atom. The fourth-order valence-electron chi connectivity index (χ4n) is 3.99. The molecule has 0 spiro atoms. The molecule has 1 atom stereocenters. The van der Waals surface area contributed by atoms with Crippen molar-refractivity contribution in [2.75, 3.05) is 6.61 Å². The van der Waals surface area contributed by atoms with Crippen LogP contribution in [0.4, 0.5) is 13.2 Å². The predicted molar refractivity (Wildman–Crippen MR) is 129 cm³/mol. The molecule has 0 saturated heterocycles. The summed E-state index contributed by atoms with van der Waals surface area (Å²) in [5, 5.41) is 13.2. The Morgan fingerprint density at radius 1 is 1.31 bits per heavy atom. The van der Waals surface area contributed by atoms with Gasteiger partial charge in [-0.25, -0.2) is 4.98 Å². The number of rotatable bonds is 8. The first-order valence-electron chi connectivity index (χ1n) is 11.3. The molecule has 1 aromatic heterocycles. The second-order valence-electron chi connectivity index (χ2n) is 8.32. The van der Waals surface area contributed by atoms with Crippen molar-refractivity contribution in [1.82, 2.24) is 10.3 Å². The van der Waals surface area contributed by atoms with Crippen molar-refractivity contribution in [2.24, 2.45) is 0 Å². The molecule has 184 valence electrons. The molecule has 1 aliphatic heterocycles. The van der Waals surface area contributed by atoms with Crippen LogP contribution in [0.15, 0.2) is 30.0 Å². The Bertz CT molecular complexity index is 1160. The maximum Gasteiger partial charge on any atom is 0.389 e. The van der Waals surface area contributed by atoms with Crippen molar-refractivity contribution in [1.29, 1.82) is 5.26 Å². The van der Waals surface area contributed by atoms with Crippen LogP contribution in [0.3, 0.4) is 0 Å². The average Bonchev–Trinajstić information content (AvgIpc) is 3.58. The van der Waals surface area contributed by atoms with Crippen LogP contribution < -0.4 is 10.1 Å². The largest absolute Gasteiger partial charge is 0.494 e. The molecule has 35 heavy (non-hydrogen) atoms. The maximum absolute atomic E-state index is 12.7. The fraction of sp³-hybridized carbons (Fsp3) is 0.423. The molecular formula is C26H26F3N3O2S. The van der Waals surface area contributed by atoms with Gasteiger partial charge < -0.3 is 10.1 Å². The molecule has 2 heterocycles. The summed E-state index contributed by atoms with van der Waals surface area (Å²) in [5.41, 5.74) is 2.61. The molecule has 4 rings (SSSR count). The number of aromatic nitrogens is 1. The summed E-state index contributed by atoms with van der Waals surface area (Å²) in [6.45, 7) is 1.95. The normalized spacial score (nSPS) is 17.7. The van der Waals surface area contributed by atoms with E-state index in [-0.39, 0.29) is 24.6 Å². The van der Waals surface area contributed by atoms with Gasteiger partial charge in [0.1, 0.15) is 22.4 Å². The lowest BCUT2D eigenvalue weighted by atomic mass is 9.88. The van der Waals surface area contributed by atoms with Crippen LogP contribution in [-0.2, 0) is 11.2 Å².